The lowest BCUT2D eigenvalue weighted by molar-refractivity contribution is -0.148. The van der Waals surface area contributed by atoms with Gasteiger partial charge in [0.1, 0.15) is 36.3 Å². The monoisotopic (exact) mass is 817 g/mol. The Morgan fingerprint density at radius 2 is 0.982 bits per heavy atom. The van der Waals surface area contributed by atoms with Gasteiger partial charge in [-0.05, 0) is 57.9 Å². The molecule has 0 radical (unpaired) electrons. The lowest BCUT2D eigenvalue weighted by atomic mass is 9.96. The molecule has 0 aliphatic rings. The molecule has 0 aromatic rings. The van der Waals surface area contributed by atoms with Crippen LogP contribution in [0.25, 0.3) is 0 Å². The van der Waals surface area contributed by atoms with E-state index in [9.17, 15) is 58.5 Å². The van der Waals surface area contributed by atoms with Crippen LogP contribution in [-0.2, 0) is 43.2 Å². The van der Waals surface area contributed by atoms with Crippen molar-refractivity contribution in [1.82, 2.24) is 31.9 Å². The van der Waals surface area contributed by atoms with Crippen molar-refractivity contribution in [2.75, 3.05) is 6.54 Å². The molecule has 0 unspecified atom stereocenters. The zero-order valence-electron chi connectivity index (χ0n) is 33.4. The molecule has 0 aromatic carbocycles. The Kier molecular flexibility index (Phi) is 23.8. The normalized spacial score (nSPS) is 16.9. The van der Waals surface area contributed by atoms with Crippen LogP contribution in [0, 0.1) is 11.8 Å². The number of aliphatic hydroxyl groups is 2. The first-order valence-electron chi connectivity index (χ1n) is 18.9. The number of carboxylic acids is 2. The van der Waals surface area contributed by atoms with E-state index in [1.54, 1.807) is 20.8 Å². The van der Waals surface area contributed by atoms with E-state index < -0.39 is 120 Å². The van der Waals surface area contributed by atoms with Gasteiger partial charge >= 0.3 is 11.9 Å². The second kappa shape index (κ2) is 26.1. The molecule has 326 valence electrons. The fourth-order valence-electron chi connectivity index (χ4n) is 5.26. The molecule has 57 heavy (non-hydrogen) atoms. The fraction of sp³-hybridized carbons (Fsp3) is 0.743. The van der Waals surface area contributed by atoms with Crippen molar-refractivity contribution >= 4 is 53.3 Å². The number of carboxylic acid groups (broad SMARTS) is 2. The van der Waals surface area contributed by atoms with Gasteiger partial charge < -0.3 is 69.5 Å². The maximum Gasteiger partial charge on any atom is 0.326 e. The van der Waals surface area contributed by atoms with Gasteiger partial charge in [0.2, 0.25) is 41.4 Å². The van der Waals surface area contributed by atoms with Gasteiger partial charge in [-0.1, -0.05) is 40.5 Å². The van der Waals surface area contributed by atoms with E-state index in [1.807, 2.05) is 12.2 Å². The van der Waals surface area contributed by atoms with Crippen LogP contribution >= 0.6 is 0 Å². The molecular formula is C35H63N9O13. The molecule has 0 saturated heterocycles. The third kappa shape index (κ3) is 18.7. The molecule has 0 bridgehead atoms. The molecule has 0 heterocycles. The molecule has 0 aliphatic carbocycles. The summed E-state index contributed by atoms with van der Waals surface area (Å²) < 4.78 is 0. The maximum atomic E-state index is 13.8. The van der Waals surface area contributed by atoms with Crippen LogP contribution in [0.15, 0.2) is 0 Å². The van der Waals surface area contributed by atoms with Crippen LogP contribution < -0.4 is 49.1 Å². The number of nitrogens with two attached hydrogens (primary N) is 3. The highest BCUT2D eigenvalue weighted by Crippen LogP contribution is 2.12. The number of primary amides is 1. The van der Waals surface area contributed by atoms with E-state index >= 15 is 0 Å². The molecule has 0 aromatic heterocycles. The Labute approximate surface area is 331 Å². The minimum absolute atomic E-state index is 0.0340. The van der Waals surface area contributed by atoms with Crippen molar-refractivity contribution in [2.45, 2.75) is 147 Å². The molecule has 0 rings (SSSR count). The van der Waals surface area contributed by atoms with Crippen molar-refractivity contribution in [3.63, 3.8) is 0 Å². The van der Waals surface area contributed by atoms with E-state index in [2.05, 4.69) is 26.6 Å². The van der Waals surface area contributed by atoms with Crippen molar-refractivity contribution in [3.8, 4) is 0 Å². The summed E-state index contributed by atoms with van der Waals surface area (Å²) in [5, 5.41) is 53.2. The minimum atomic E-state index is -1.89. The number of carbonyl (C=O) groups is 9. The number of aliphatic carboxylic acids is 2. The van der Waals surface area contributed by atoms with Crippen LogP contribution in [-0.4, -0.2) is 135 Å². The third-order valence-corrected chi connectivity index (χ3v) is 9.36. The van der Waals surface area contributed by atoms with Gasteiger partial charge in [0.05, 0.1) is 24.7 Å². The molecule has 16 N–H and O–H groups in total. The van der Waals surface area contributed by atoms with E-state index in [0.29, 0.717) is 25.7 Å². The van der Waals surface area contributed by atoms with E-state index in [0.717, 1.165) is 6.92 Å². The first-order valence-corrected chi connectivity index (χ1v) is 18.9. The van der Waals surface area contributed by atoms with Crippen molar-refractivity contribution in [3.05, 3.63) is 0 Å². The molecule has 7 amide bonds. The Bertz CT molecular complexity index is 1400. The fourth-order valence-corrected chi connectivity index (χ4v) is 5.26. The first-order chi connectivity index (χ1) is 26.5. The highest BCUT2D eigenvalue weighted by molar-refractivity contribution is 5.97. The number of carbonyl (C=O) groups excluding carboxylic acids is 7. The van der Waals surface area contributed by atoms with Crippen molar-refractivity contribution in [2.24, 2.45) is 29.0 Å². The number of nitrogens with one attached hydrogen (secondary N) is 6. The average molecular weight is 818 g/mol. The highest BCUT2D eigenvalue weighted by atomic mass is 16.4. The summed E-state index contributed by atoms with van der Waals surface area (Å²) in [5.74, 6) is -10.7. The van der Waals surface area contributed by atoms with Crippen molar-refractivity contribution in [1.29, 1.82) is 0 Å². The Morgan fingerprint density at radius 1 is 0.561 bits per heavy atom. The molecule has 0 fully saturated rings. The van der Waals surface area contributed by atoms with E-state index in [4.69, 9.17) is 22.3 Å². The van der Waals surface area contributed by atoms with Crippen LogP contribution in [0.5, 0.6) is 0 Å². The molecular weight excluding hydrogens is 754 g/mol. The zero-order valence-corrected chi connectivity index (χ0v) is 33.4. The largest absolute Gasteiger partial charge is 0.481 e. The number of rotatable bonds is 28. The number of amides is 7. The first kappa shape index (κ1) is 52.1. The summed E-state index contributed by atoms with van der Waals surface area (Å²) in [6, 6.07) is -10.6. The van der Waals surface area contributed by atoms with E-state index in [-0.39, 0.29) is 31.7 Å². The summed E-state index contributed by atoms with van der Waals surface area (Å²) in [7, 11) is 0. The van der Waals surface area contributed by atoms with Gasteiger partial charge in [-0.15, -0.1) is 0 Å². The maximum absolute atomic E-state index is 13.8. The van der Waals surface area contributed by atoms with Gasteiger partial charge in [0.15, 0.2) is 0 Å². The summed E-state index contributed by atoms with van der Waals surface area (Å²) in [6.45, 7) is 9.33. The molecule has 11 atom stereocenters. The molecule has 0 aliphatic heterocycles. The highest BCUT2D eigenvalue weighted by Gasteiger charge is 2.37. The molecule has 0 spiro atoms. The summed E-state index contributed by atoms with van der Waals surface area (Å²) in [5.41, 5.74) is 16.9. The molecule has 22 nitrogen and oxygen atoms in total. The van der Waals surface area contributed by atoms with Crippen LogP contribution in [0.3, 0.4) is 0 Å². The lowest BCUT2D eigenvalue weighted by Gasteiger charge is -2.30. The quantitative estimate of drug-likeness (QED) is 0.0335. The molecule has 0 saturated carbocycles. The number of hydrogen-bond donors (Lipinski definition) is 13. The zero-order chi connectivity index (χ0) is 44.2. The van der Waals surface area contributed by atoms with Crippen LogP contribution in [0.1, 0.15) is 92.9 Å². The average Bonchev–Trinajstić information content (AvgIpc) is 3.13. The SMILES string of the molecule is CC[C@H](C)[C@H](N)C(=O)N[C@@H](CCC(N)=O)C(=O)N[C@H](C(=O)N[C@@H](CCCCN)C(=O)N[C@H](C(=O)N[C@H](C(=O)N[C@@H](CC(=O)O)C(=O)O)[C@@H](C)O)[C@@H](C)CC)[C@@H](C)O. The Morgan fingerprint density at radius 3 is 1.40 bits per heavy atom. The van der Waals surface area contributed by atoms with Gasteiger partial charge in [-0.2, -0.15) is 0 Å². The molecule has 22 heteroatoms. The summed E-state index contributed by atoms with van der Waals surface area (Å²) in [4.78, 5) is 114. The predicted octanol–water partition coefficient (Wildman–Crippen LogP) is -3.97. The van der Waals surface area contributed by atoms with Gasteiger partial charge in [-0.3, -0.25) is 38.4 Å². The van der Waals surface area contributed by atoms with Crippen LogP contribution in [0.4, 0.5) is 0 Å². The summed E-state index contributed by atoms with van der Waals surface area (Å²) in [6.07, 6.45) is -3.25. The topological polar surface area (TPSA) is 385 Å². The summed E-state index contributed by atoms with van der Waals surface area (Å²) >= 11 is 0. The second-order valence-corrected chi connectivity index (χ2v) is 14.1. The second-order valence-electron chi connectivity index (χ2n) is 14.1. The van der Waals surface area contributed by atoms with Crippen molar-refractivity contribution < 1.29 is 63.6 Å². The number of aliphatic hydroxyl groups excluding tert-OH is 2. The van der Waals surface area contributed by atoms with Gasteiger partial charge in [0.25, 0.3) is 0 Å². The third-order valence-electron chi connectivity index (χ3n) is 9.36. The smallest absolute Gasteiger partial charge is 0.326 e. The minimum Gasteiger partial charge on any atom is -0.481 e. The number of unbranched alkanes of at least 4 members (excludes halogenated alkanes) is 1. The van der Waals surface area contributed by atoms with Gasteiger partial charge in [-0.25, -0.2) is 4.79 Å². The van der Waals surface area contributed by atoms with Gasteiger partial charge in [0, 0.05) is 6.42 Å². The predicted molar refractivity (Wildman–Crippen MR) is 203 cm³/mol. The standard InChI is InChI=1S/C35H63N9O13/c1-7-16(3)25(38)31(52)39-21(12-13-23(37)47)30(51)43-27(18(5)45)33(54)40-20(11-9-10-14-36)29(50)42-26(17(4)8-2)32(53)44-28(19(6)46)34(55)41-22(35(56)57)15-24(48)49/h16-22,25-28,45-46H,7-15,36,38H2,1-6H3,(H2,37,47)(H,39,52)(H,40,54)(H,41,55)(H,42,50)(H,43,51)(H,44,53)(H,48,49)(H,56,57)/t16-,17-,18+,19+,20-,21-,22-,25-,26-,27-,28-/m0/s1. The number of hydrogen-bond acceptors (Lipinski definition) is 13. The van der Waals surface area contributed by atoms with Crippen LogP contribution in [0.2, 0.25) is 0 Å². The lowest BCUT2D eigenvalue weighted by Crippen LogP contribution is -2.63. The Balaban J connectivity index is 6.37. The van der Waals surface area contributed by atoms with E-state index in [1.165, 1.54) is 6.92 Å². The Hall–Kier alpha value is -4.93.